The molecule has 0 fully saturated rings. The average Bonchev–Trinajstić information content (AvgIpc) is 2.09. The molecule has 0 spiro atoms. The summed E-state index contributed by atoms with van der Waals surface area (Å²) in [6.45, 7) is 8.69. The van der Waals surface area contributed by atoms with Gasteiger partial charge in [-0.25, -0.2) is 0 Å². The Morgan fingerprint density at radius 3 is 2.08 bits per heavy atom. The van der Waals surface area contributed by atoms with Gasteiger partial charge in [0.05, 0.1) is 0 Å². The molecular formula is C13H18. The van der Waals surface area contributed by atoms with Gasteiger partial charge in [0.1, 0.15) is 0 Å². The molecule has 0 unspecified atom stereocenters. The number of aryl methyl sites for hydroxylation is 1. The molecule has 0 aromatic heterocycles. The fraction of sp³-hybridized carbons (Fsp3) is 0.385. The summed E-state index contributed by atoms with van der Waals surface area (Å²) in [4.78, 5) is 0. The first-order valence-corrected chi connectivity index (χ1v) is 4.88. The zero-order valence-electron chi connectivity index (χ0n) is 8.96. The van der Waals surface area contributed by atoms with Gasteiger partial charge in [0.2, 0.25) is 0 Å². The van der Waals surface area contributed by atoms with Gasteiger partial charge >= 0.3 is 0 Å². The number of rotatable bonds is 2. The molecule has 0 radical (unpaired) electrons. The van der Waals surface area contributed by atoms with Crippen LogP contribution >= 0.6 is 0 Å². The van der Waals surface area contributed by atoms with Crippen LogP contribution in [0.4, 0.5) is 0 Å². The molecule has 0 saturated heterocycles. The maximum Gasteiger partial charge on any atom is -0.0216 e. The Balaban J connectivity index is 3.00. The molecule has 0 N–H and O–H groups in total. The quantitative estimate of drug-likeness (QED) is 0.634. The maximum absolute atomic E-state index is 2.23. The molecule has 0 nitrogen and oxygen atoms in total. The second-order valence-electron chi connectivity index (χ2n) is 3.76. The second-order valence-corrected chi connectivity index (χ2v) is 3.76. The Hall–Kier alpha value is -1.04. The predicted octanol–water partition coefficient (Wildman–Crippen LogP) is 4.05. The van der Waals surface area contributed by atoms with Crippen LogP contribution in [0.3, 0.4) is 0 Å². The Morgan fingerprint density at radius 2 is 1.69 bits per heavy atom. The molecule has 1 rings (SSSR count). The van der Waals surface area contributed by atoms with Crippen LogP contribution in [0.5, 0.6) is 0 Å². The van der Waals surface area contributed by atoms with E-state index in [0.29, 0.717) is 5.92 Å². The van der Waals surface area contributed by atoms with Crippen molar-refractivity contribution in [2.45, 2.75) is 27.7 Å². The van der Waals surface area contributed by atoms with Crippen LogP contribution in [0.25, 0.3) is 5.57 Å². The van der Waals surface area contributed by atoms with Crippen molar-refractivity contribution >= 4 is 5.57 Å². The number of hydrogen-bond donors (Lipinski definition) is 0. The average molecular weight is 174 g/mol. The van der Waals surface area contributed by atoms with Gasteiger partial charge in [-0.3, -0.25) is 0 Å². The third kappa shape index (κ3) is 2.45. The molecule has 0 heterocycles. The van der Waals surface area contributed by atoms with E-state index in [0.717, 1.165) is 0 Å². The second kappa shape index (κ2) is 4.27. The van der Waals surface area contributed by atoms with Gasteiger partial charge in [-0.2, -0.15) is 0 Å². The lowest BCUT2D eigenvalue weighted by Crippen LogP contribution is -1.92. The first-order chi connectivity index (χ1) is 6.15. The van der Waals surface area contributed by atoms with Crippen LogP contribution in [-0.2, 0) is 0 Å². The van der Waals surface area contributed by atoms with Crippen LogP contribution in [0.1, 0.15) is 31.9 Å². The fourth-order valence-electron chi connectivity index (χ4n) is 1.58. The van der Waals surface area contributed by atoms with Crippen LogP contribution in [-0.4, -0.2) is 0 Å². The van der Waals surface area contributed by atoms with Crippen molar-refractivity contribution in [2.24, 2.45) is 5.92 Å². The zero-order chi connectivity index (χ0) is 9.84. The van der Waals surface area contributed by atoms with Crippen molar-refractivity contribution in [3.63, 3.8) is 0 Å². The molecule has 0 aliphatic carbocycles. The van der Waals surface area contributed by atoms with Crippen LogP contribution < -0.4 is 0 Å². The Labute approximate surface area is 81.3 Å². The van der Waals surface area contributed by atoms with E-state index in [1.807, 2.05) is 0 Å². The minimum absolute atomic E-state index is 0.604. The fourth-order valence-corrected chi connectivity index (χ4v) is 1.58. The number of benzene rings is 1. The van der Waals surface area contributed by atoms with E-state index in [2.05, 4.69) is 58.0 Å². The summed E-state index contributed by atoms with van der Waals surface area (Å²) in [5.74, 6) is 0.604. The minimum atomic E-state index is 0.604. The molecule has 1 aromatic carbocycles. The Bertz CT molecular complexity index is 288. The highest BCUT2D eigenvalue weighted by Crippen LogP contribution is 2.22. The largest absolute Gasteiger partial charge is 0.0836 e. The van der Waals surface area contributed by atoms with Crippen molar-refractivity contribution in [2.75, 3.05) is 0 Å². The lowest BCUT2D eigenvalue weighted by Gasteiger charge is -2.11. The van der Waals surface area contributed by atoms with Crippen LogP contribution in [0, 0.1) is 12.8 Å². The van der Waals surface area contributed by atoms with Crippen molar-refractivity contribution in [3.05, 3.63) is 41.5 Å². The molecule has 0 bridgehead atoms. The molecule has 0 aliphatic heterocycles. The summed E-state index contributed by atoms with van der Waals surface area (Å²) in [5.41, 5.74) is 4.10. The highest BCUT2D eigenvalue weighted by Gasteiger charge is 2.03. The highest BCUT2D eigenvalue weighted by molar-refractivity contribution is 5.66. The van der Waals surface area contributed by atoms with Crippen molar-refractivity contribution in [1.29, 1.82) is 0 Å². The SMILES string of the molecule is C/C=C(/c1ccc(C)cc1)C(C)C. The van der Waals surface area contributed by atoms with Gasteiger partial charge in [0.25, 0.3) is 0 Å². The summed E-state index contributed by atoms with van der Waals surface area (Å²) in [6, 6.07) is 8.73. The third-order valence-corrected chi connectivity index (χ3v) is 2.32. The molecular weight excluding hydrogens is 156 g/mol. The summed E-state index contributed by atoms with van der Waals surface area (Å²) in [6.07, 6.45) is 2.20. The van der Waals surface area contributed by atoms with Gasteiger partial charge in [-0.1, -0.05) is 49.8 Å². The lowest BCUT2D eigenvalue weighted by molar-refractivity contribution is 0.854. The Kier molecular flexibility index (Phi) is 3.30. The predicted molar refractivity (Wildman–Crippen MR) is 59.7 cm³/mol. The standard InChI is InChI=1S/C13H18/c1-5-13(10(2)3)12-8-6-11(4)7-9-12/h5-10H,1-4H3/b13-5+. The van der Waals surface area contributed by atoms with E-state index in [1.165, 1.54) is 16.7 Å². The molecule has 0 atom stereocenters. The number of hydrogen-bond acceptors (Lipinski definition) is 0. The van der Waals surface area contributed by atoms with Crippen molar-refractivity contribution in [3.8, 4) is 0 Å². The van der Waals surface area contributed by atoms with E-state index in [-0.39, 0.29) is 0 Å². The van der Waals surface area contributed by atoms with E-state index in [1.54, 1.807) is 0 Å². The Morgan fingerprint density at radius 1 is 1.15 bits per heavy atom. The number of allylic oxidation sites excluding steroid dienone is 2. The normalized spacial score (nSPS) is 12.2. The van der Waals surface area contributed by atoms with Gasteiger partial charge < -0.3 is 0 Å². The maximum atomic E-state index is 2.23. The van der Waals surface area contributed by atoms with Crippen LogP contribution in [0.2, 0.25) is 0 Å². The first-order valence-electron chi connectivity index (χ1n) is 4.88. The van der Waals surface area contributed by atoms with Gasteiger partial charge in [-0.15, -0.1) is 0 Å². The van der Waals surface area contributed by atoms with Crippen LogP contribution in [0.15, 0.2) is 30.3 Å². The van der Waals surface area contributed by atoms with E-state index in [9.17, 15) is 0 Å². The highest BCUT2D eigenvalue weighted by atomic mass is 14.1. The molecule has 0 saturated carbocycles. The van der Waals surface area contributed by atoms with E-state index in [4.69, 9.17) is 0 Å². The molecule has 13 heavy (non-hydrogen) atoms. The third-order valence-electron chi connectivity index (χ3n) is 2.32. The monoisotopic (exact) mass is 174 g/mol. The summed E-state index contributed by atoms with van der Waals surface area (Å²) in [5, 5.41) is 0. The topological polar surface area (TPSA) is 0 Å². The summed E-state index contributed by atoms with van der Waals surface area (Å²) in [7, 11) is 0. The first kappa shape index (κ1) is 10.0. The smallest absolute Gasteiger partial charge is 0.0216 e. The van der Waals surface area contributed by atoms with E-state index >= 15 is 0 Å². The summed E-state index contributed by atoms with van der Waals surface area (Å²) >= 11 is 0. The van der Waals surface area contributed by atoms with Crippen molar-refractivity contribution < 1.29 is 0 Å². The molecule has 0 amide bonds. The molecule has 70 valence electrons. The van der Waals surface area contributed by atoms with Gasteiger partial charge in [0.15, 0.2) is 0 Å². The molecule has 0 heteroatoms. The molecule has 0 aliphatic rings. The summed E-state index contributed by atoms with van der Waals surface area (Å²) < 4.78 is 0. The minimum Gasteiger partial charge on any atom is -0.0836 e. The van der Waals surface area contributed by atoms with E-state index < -0.39 is 0 Å². The zero-order valence-corrected chi connectivity index (χ0v) is 8.96. The lowest BCUT2D eigenvalue weighted by atomic mass is 9.95. The van der Waals surface area contributed by atoms with Gasteiger partial charge in [0, 0.05) is 0 Å². The van der Waals surface area contributed by atoms with Crippen molar-refractivity contribution in [1.82, 2.24) is 0 Å². The van der Waals surface area contributed by atoms with Gasteiger partial charge in [-0.05, 0) is 30.9 Å². The molecule has 1 aromatic rings.